The second-order valence-electron chi connectivity index (χ2n) is 5.53. The number of likely N-dealkylation sites (N-methyl/N-ethyl adjacent to an activating group) is 1. The summed E-state index contributed by atoms with van der Waals surface area (Å²) in [6, 6.07) is 8.17. The average molecular weight is 284 g/mol. The maximum atomic E-state index is 12.7. The molecule has 1 aliphatic heterocycles. The molecule has 1 aromatic heterocycles. The van der Waals surface area contributed by atoms with Gasteiger partial charge in [-0.3, -0.25) is 4.79 Å². The van der Waals surface area contributed by atoms with E-state index in [9.17, 15) is 4.79 Å². The van der Waals surface area contributed by atoms with E-state index in [4.69, 9.17) is 0 Å². The van der Waals surface area contributed by atoms with Crippen LogP contribution in [0.3, 0.4) is 0 Å². The quantitative estimate of drug-likeness (QED) is 0.923. The van der Waals surface area contributed by atoms with E-state index in [1.54, 1.807) is 11.1 Å². The first-order valence-electron chi connectivity index (χ1n) is 7.16. The molecule has 1 aliphatic rings. The molecule has 1 unspecified atom stereocenters. The molecule has 1 amide bonds. The van der Waals surface area contributed by atoms with Gasteiger partial charge in [0.05, 0.1) is 12.5 Å². The maximum Gasteiger partial charge on any atom is 0.231 e. The van der Waals surface area contributed by atoms with Gasteiger partial charge in [-0.15, -0.1) is 0 Å². The van der Waals surface area contributed by atoms with Crippen LogP contribution in [0.15, 0.2) is 36.7 Å². The number of hydrogen-bond acceptors (Lipinski definition) is 3. The van der Waals surface area contributed by atoms with Crippen LogP contribution in [0, 0.1) is 0 Å². The number of nitrogens with zero attached hydrogens (tertiary/aromatic N) is 3. The van der Waals surface area contributed by atoms with E-state index in [-0.39, 0.29) is 11.8 Å². The van der Waals surface area contributed by atoms with Gasteiger partial charge in [0.15, 0.2) is 0 Å². The summed E-state index contributed by atoms with van der Waals surface area (Å²) in [6.07, 6.45) is 3.65. The highest BCUT2D eigenvalue weighted by atomic mass is 16.2. The molecule has 1 aromatic carbocycles. The number of amides is 1. The minimum absolute atomic E-state index is 0.111. The first-order chi connectivity index (χ1) is 10.2. The van der Waals surface area contributed by atoms with Crippen molar-refractivity contribution in [1.82, 2.24) is 19.8 Å². The van der Waals surface area contributed by atoms with Crippen molar-refractivity contribution in [1.29, 1.82) is 0 Å². The molecule has 5 nitrogen and oxygen atoms in total. The largest absolute Gasteiger partial charge is 0.338 e. The highest BCUT2D eigenvalue weighted by Crippen LogP contribution is 2.25. The smallest absolute Gasteiger partial charge is 0.231 e. The van der Waals surface area contributed by atoms with Crippen LogP contribution >= 0.6 is 0 Å². The number of benzene rings is 1. The molecule has 0 bridgehead atoms. The number of carbonyl (C=O) groups excluding carboxylic acids is 1. The fourth-order valence-electron chi connectivity index (χ4n) is 2.82. The Morgan fingerprint density at radius 1 is 1.48 bits per heavy atom. The molecule has 0 fully saturated rings. The minimum Gasteiger partial charge on any atom is -0.338 e. The SMILES string of the molecule is CN(Cc1nccn1C)C(=O)C1CNCc2ccccc21. The zero-order chi connectivity index (χ0) is 14.8. The standard InChI is InChI=1S/C16H20N4O/c1-19-8-7-18-15(19)11-20(2)16(21)14-10-17-9-12-5-3-4-6-13(12)14/h3-8,14,17H,9-11H2,1-2H3. The zero-order valence-corrected chi connectivity index (χ0v) is 12.4. The first kappa shape index (κ1) is 13.8. The lowest BCUT2D eigenvalue weighted by Crippen LogP contribution is -2.39. The predicted octanol–water partition coefficient (Wildman–Crippen LogP) is 1.27. The lowest BCUT2D eigenvalue weighted by molar-refractivity contribution is -0.132. The number of carbonyl (C=O) groups is 1. The van der Waals surface area contributed by atoms with Gasteiger partial charge in [-0.2, -0.15) is 0 Å². The van der Waals surface area contributed by atoms with E-state index in [0.29, 0.717) is 13.1 Å². The number of aromatic nitrogens is 2. The Balaban J connectivity index is 1.78. The summed E-state index contributed by atoms with van der Waals surface area (Å²) in [7, 11) is 3.78. The third-order valence-corrected chi connectivity index (χ3v) is 4.07. The van der Waals surface area contributed by atoms with Gasteiger partial charge < -0.3 is 14.8 Å². The van der Waals surface area contributed by atoms with Crippen molar-refractivity contribution < 1.29 is 4.79 Å². The number of hydrogen-bond donors (Lipinski definition) is 1. The van der Waals surface area contributed by atoms with E-state index in [2.05, 4.69) is 22.4 Å². The Morgan fingerprint density at radius 2 is 2.29 bits per heavy atom. The molecule has 0 spiro atoms. The average Bonchev–Trinajstić information content (AvgIpc) is 2.91. The minimum atomic E-state index is -0.111. The monoisotopic (exact) mass is 284 g/mol. The molecule has 2 aromatic rings. The number of rotatable bonds is 3. The molecule has 1 N–H and O–H groups in total. The van der Waals surface area contributed by atoms with Gasteiger partial charge in [-0.25, -0.2) is 4.98 Å². The van der Waals surface area contributed by atoms with E-state index < -0.39 is 0 Å². The van der Waals surface area contributed by atoms with Crippen LogP contribution in [0.5, 0.6) is 0 Å². The van der Waals surface area contributed by atoms with E-state index in [1.807, 2.05) is 37.0 Å². The highest BCUT2D eigenvalue weighted by molar-refractivity contribution is 5.84. The van der Waals surface area contributed by atoms with Gasteiger partial charge in [0.25, 0.3) is 0 Å². The van der Waals surface area contributed by atoms with Gasteiger partial charge in [0.1, 0.15) is 5.82 Å². The Labute approximate surface area is 124 Å². The van der Waals surface area contributed by atoms with E-state index in [0.717, 1.165) is 17.9 Å². The molecule has 3 rings (SSSR count). The van der Waals surface area contributed by atoms with Gasteiger partial charge in [0, 0.05) is 39.6 Å². The molecule has 0 aliphatic carbocycles. The van der Waals surface area contributed by atoms with Crippen molar-refractivity contribution in [3.63, 3.8) is 0 Å². The Kier molecular flexibility index (Phi) is 3.75. The molecular weight excluding hydrogens is 264 g/mol. The second kappa shape index (κ2) is 5.69. The fraction of sp³-hybridized carbons (Fsp3) is 0.375. The molecule has 1 atom stereocenters. The van der Waals surface area contributed by atoms with Crippen molar-refractivity contribution in [2.45, 2.75) is 19.0 Å². The molecule has 110 valence electrons. The topological polar surface area (TPSA) is 50.2 Å². The lowest BCUT2D eigenvalue weighted by Gasteiger charge is -2.29. The van der Waals surface area contributed by atoms with Crippen molar-refractivity contribution in [3.8, 4) is 0 Å². The predicted molar refractivity (Wildman–Crippen MR) is 80.6 cm³/mol. The Hall–Kier alpha value is -2.14. The number of imidazole rings is 1. The molecular formula is C16H20N4O. The summed E-state index contributed by atoms with van der Waals surface area (Å²) in [6.45, 7) is 2.06. The Morgan fingerprint density at radius 3 is 3.05 bits per heavy atom. The van der Waals surface area contributed by atoms with Crippen LogP contribution in [0.25, 0.3) is 0 Å². The molecule has 21 heavy (non-hydrogen) atoms. The summed E-state index contributed by atoms with van der Waals surface area (Å²) in [5.74, 6) is 0.917. The molecule has 5 heteroatoms. The maximum absolute atomic E-state index is 12.7. The van der Waals surface area contributed by atoms with Crippen LogP contribution < -0.4 is 5.32 Å². The van der Waals surface area contributed by atoms with Gasteiger partial charge in [-0.1, -0.05) is 24.3 Å². The van der Waals surface area contributed by atoms with Crippen molar-refractivity contribution in [3.05, 3.63) is 53.6 Å². The second-order valence-corrected chi connectivity index (χ2v) is 5.53. The first-order valence-corrected chi connectivity index (χ1v) is 7.16. The summed E-state index contributed by atoms with van der Waals surface area (Å²) in [4.78, 5) is 18.8. The van der Waals surface area contributed by atoms with Crippen LogP contribution in [0.1, 0.15) is 22.9 Å². The number of fused-ring (bicyclic) bond motifs is 1. The third-order valence-electron chi connectivity index (χ3n) is 4.07. The van der Waals surface area contributed by atoms with E-state index in [1.165, 1.54) is 5.56 Å². The van der Waals surface area contributed by atoms with Gasteiger partial charge in [-0.05, 0) is 11.1 Å². The normalized spacial score (nSPS) is 17.3. The van der Waals surface area contributed by atoms with Crippen LogP contribution in [0.4, 0.5) is 0 Å². The fourth-order valence-corrected chi connectivity index (χ4v) is 2.82. The summed E-state index contributed by atoms with van der Waals surface area (Å²) in [5, 5.41) is 3.33. The number of nitrogens with one attached hydrogen (secondary N) is 1. The van der Waals surface area contributed by atoms with Gasteiger partial charge in [0.2, 0.25) is 5.91 Å². The number of aryl methyl sites for hydroxylation is 1. The summed E-state index contributed by atoms with van der Waals surface area (Å²) in [5.41, 5.74) is 2.36. The molecule has 0 saturated heterocycles. The van der Waals surface area contributed by atoms with E-state index >= 15 is 0 Å². The summed E-state index contributed by atoms with van der Waals surface area (Å²) < 4.78 is 1.94. The van der Waals surface area contributed by atoms with Crippen LogP contribution in [0.2, 0.25) is 0 Å². The Bertz CT molecular complexity index is 649. The zero-order valence-electron chi connectivity index (χ0n) is 12.4. The van der Waals surface area contributed by atoms with Crippen LogP contribution in [-0.4, -0.2) is 34.0 Å². The highest BCUT2D eigenvalue weighted by Gasteiger charge is 2.28. The molecule has 0 saturated carbocycles. The van der Waals surface area contributed by atoms with Crippen molar-refractivity contribution >= 4 is 5.91 Å². The van der Waals surface area contributed by atoms with Crippen LogP contribution in [-0.2, 0) is 24.9 Å². The molecule has 2 heterocycles. The lowest BCUT2D eigenvalue weighted by atomic mass is 9.90. The third kappa shape index (κ3) is 2.69. The van der Waals surface area contributed by atoms with Gasteiger partial charge >= 0.3 is 0 Å². The van der Waals surface area contributed by atoms with Crippen molar-refractivity contribution in [2.24, 2.45) is 7.05 Å². The summed E-state index contributed by atoms with van der Waals surface area (Å²) >= 11 is 0. The van der Waals surface area contributed by atoms with Crippen molar-refractivity contribution in [2.75, 3.05) is 13.6 Å². The molecule has 0 radical (unpaired) electrons.